The number of nitriles is 1. The summed E-state index contributed by atoms with van der Waals surface area (Å²) in [5.74, 6) is -0.239. The quantitative estimate of drug-likeness (QED) is 0.843. The van der Waals surface area contributed by atoms with E-state index in [1.165, 1.54) is 4.68 Å². The lowest BCUT2D eigenvalue weighted by Gasteiger charge is -2.08. The number of rotatable bonds is 4. The summed E-state index contributed by atoms with van der Waals surface area (Å²) in [7, 11) is 0. The number of aryl methyl sites for hydroxylation is 1. The van der Waals surface area contributed by atoms with E-state index in [4.69, 9.17) is 11.0 Å². The molecule has 7 nitrogen and oxygen atoms in total. The minimum atomic E-state index is -0.239. The SMILES string of the molecule is Cc1ccc(C#N)cc1NC(=O)Cn1cc(CN)nn1. The standard InChI is InChI=1S/C13H14N6O/c1-9-2-3-10(5-14)4-12(9)16-13(20)8-19-7-11(6-15)17-18-19/h2-4,7H,6,8,15H2,1H3,(H,16,20). The van der Waals surface area contributed by atoms with Gasteiger partial charge in [0.1, 0.15) is 6.54 Å². The molecule has 0 spiro atoms. The summed E-state index contributed by atoms with van der Waals surface area (Å²) in [6, 6.07) is 7.17. The Kier molecular flexibility index (Phi) is 4.08. The van der Waals surface area contributed by atoms with E-state index in [1.54, 1.807) is 24.4 Å². The minimum Gasteiger partial charge on any atom is -0.325 e. The Labute approximate surface area is 116 Å². The lowest BCUT2D eigenvalue weighted by atomic mass is 10.1. The molecule has 0 unspecified atom stereocenters. The molecule has 2 rings (SSSR count). The molecule has 7 heteroatoms. The average Bonchev–Trinajstić information content (AvgIpc) is 2.88. The number of hydrogen-bond donors (Lipinski definition) is 2. The highest BCUT2D eigenvalue weighted by Gasteiger charge is 2.08. The van der Waals surface area contributed by atoms with E-state index in [1.807, 2.05) is 13.0 Å². The molecular weight excluding hydrogens is 256 g/mol. The Morgan fingerprint density at radius 1 is 1.55 bits per heavy atom. The van der Waals surface area contributed by atoms with Crippen molar-refractivity contribution in [1.82, 2.24) is 15.0 Å². The molecule has 0 radical (unpaired) electrons. The maximum atomic E-state index is 11.9. The summed E-state index contributed by atoms with van der Waals surface area (Å²) < 4.78 is 1.42. The number of aromatic nitrogens is 3. The van der Waals surface area contributed by atoms with Crippen molar-refractivity contribution in [2.75, 3.05) is 5.32 Å². The second-order valence-electron chi connectivity index (χ2n) is 4.30. The summed E-state index contributed by atoms with van der Waals surface area (Å²) in [4.78, 5) is 11.9. The van der Waals surface area contributed by atoms with E-state index >= 15 is 0 Å². The van der Waals surface area contributed by atoms with Crippen LogP contribution in [-0.2, 0) is 17.9 Å². The van der Waals surface area contributed by atoms with Gasteiger partial charge in [-0.3, -0.25) is 4.79 Å². The lowest BCUT2D eigenvalue weighted by molar-refractivity contribution is -0.116. The highest BCUT2D eigenvalue weighted by atomic mass is 16.2. The predicted molar refractivity (Wildman–Crippen MR) is 72.4 cm³/mol. The third kappa shape index (κ3) is 3.18. The van der Waals surface area contributed by atoms with Crippen molar-refractivity contribution in [1.29, 1.82) is 5.26 Å². The van der Waals surface area contributed by atoms with Gasteiger partial charge in [0.15, 0.2) is 0 Å². The van der Waals surface area contributed by atoms with Gasteiger partial charge in [-0.05, 0) is 24.6 Å². The maximum absolute atomic E-state index is 11.9. The first-order chi connectivity index (χ1) is 9.62. The number of anilines is 1. The molecule has 0 atom stereocenters. The maximum Gasteiger partial charge on any atom is 0.246 e. The van der Waals surface area contributed by atoms with Gasteiger partial charge < -0.3 is 11.1 Å². The van der Waals surface area contributed by atoms with Gasteiger partial charge in [0.25, 0.3) is 0 Å². The van der Waals surface area contributed by atoms with Gasteiger partial charge in [-0.1, -0.05) is 11.3 Å². The topological polar surface area (TPSA) is 110 Å². The second kappa shape index (κ2) is 5.95. The smallest absolute Gasteiger partial charge is 0.246 e. The van der Waals surface area contributed by atoms with Crippen LogP contribution in [0.3, 0.4) is 0 Å². The lowest BCUT2D eigenvalue weighted by Crippen LogP contribution is -2.19. The van der Waals surface area contributed by atoms with Crippen molar-refractivity contribution >= 4 is 11.6 Å². The second-order valence-corrected chi connectivity index (χ2v) is 4.30. The van der Waals surface area contributed by atoms with Crippen LogP contribution in [0.4, 0.5) is 5.69 Å². The molecule has 1 amide bonds. The third-order valence-electron chi connectivity index (χ3n) is 2.74. The molecule has 0 aliphatic heterocycles. The van der Waals surface area contributed by atoms with Crippen LogP contribution in [0, 0.1) is 18.3 Å². The van der Waals surface area contributed by atoms with Crippen LogP contribution in [-0.4, -0.2) is 20.9 Å². The zero-order valence-corrected chi connectivity index (χ0v) is 11.0. The van der Waals surface area contributed by atoms with Gasteiger partial charge in [-0.2, -0.15) is 5.26 Å². The van der Waals surface area contributed by atoms with Gasteiger partial charge in [0.2, 0.25) is 5.91 Å². The van der Waals surface area contributed by atoms with E-state index in [-0.39, 0.29) is 19.0 Å². The Morgan fingerprint density at radius 2 is 2.35 bits per heavy atom. The van der Waals surface area contributed by atoms with Gasteiger partial charge >= 0.3 is 0 Å². The Morgan fingerprint density at radius 3 is 3.00 bits per heavy atom. The third-order valence-corrected chi connectivity index (χ3v) is 2.74. The van der Waals surface area contributed by atoms with Gasteiger partial charge in [-0.25, -0.2) is 4.68 Å². The average molecular weight is 270 g/mol. The van der Waals surface area contributed by atoms with Crippen LogP contribution in [0.1, 0.15) is 16.8 Å². The molecule has 0 fully saturated rings. The number of nitrogens with two attached hydrogens (primary N) is 1. The molecule has 1 aromatic heterocycles. The van der Waals surface area contributed by atoms with E-state index in [9.17, 15) is 4.79 Å². The van der Waals surface area contributed by atoms with Crippen LogP contribution >= 0.6 is 0 Å². The summed E-state index contributed by atoms with van der Waals surface area (Å²) in [5, 5.41) is 19.2. The molecule has 2 aromatic rings. The van der Waals surface area contributed by atoms with E-state index in [2.05, 4.69) is 15.6 Å². The summed E-state index contributed by atoms with van der Waals surface area (Å²) in [6.45, 7) is 2.19. The zero-order chi connectivity index (χ0) is 14.5. The van der Waals surface area contributed by atoms with Crippen molar-refractivity contribution < 1.29 is 4.79 Å². The molecule has 0 aliphatic rings. The summed E-state index contributed by atoms with van der Waals surface area (Å²) in [5.41, 5.74) is 8.05. The monoisotopic (exact) mass is 270 g/mol. The van der Waals surface area contributed by atoms with Crippen molar-refractivity contribution in [3.05, 3.63) is 41.2 Å². The molecule has 0 bridgehead atoms. The van der Waals surface area contributed by atoms with Crippen LogP contribution in [0.2, 0.25) is 0 Å². The van der Waals surface area contributed by atoms with Crippen LogP contribution in [0.25, 0.3) is 0 Å². The van der Waals surface area contributed by atoms with E-state index < -0.39 is 0 Å². The number of carbonyl (C=O) groups excluding carboxylic acids is 1. The molecule has 0 saturated carbocycles. The molecule has 0 aliphatic carbocycles. The summed E-state index contributed by atoms with van der Waals surface area (Å²) in [6.07, 6.45) is 1.62. The zero-order valence-electron chi connectivity index (χ0n) is 11.0. The predicted octanol–water partition coefficient (Wildman–Crippen LogP) is 0.556. The molecule has 0 saturated heterocycles. The van der Waals surface area contributed by atoms with Crippen LogP contribution in [0.5, 0.6) is 0 Å². The van der Waals surface area contributed by atoms with E-state index in [0.29, 0.717) is 16.9 Å². The fraction of sp³-hybridized carbons (Fsp3) is 0.231. The summed E-state index contributed by atoms with van der Waals surface area (Å²) >= 11 is 0. The Balaban J connectivity index is 2.06. The number of hydrogen-bond acceptors (Lipinski definition) is 5. The van der Waals surface area contributed by atoms with Gasteiger partial charge in [0, 0.05) is 12.2 Å². The fourth-order valence-electron chi connectivity index (χ4n) is 1.67. The normalized spacial score (nSPS) is 10.1. The van der Waals surface area contributed by atoms with Crippen molar-refractivity contribution in [3.8, 4) is 6.07 Å². The number of carbonyl (C=O) groups is 1. The number of nitrogens with zero attached hydrogens (tertiary/aromatic N) is 4. The molecule has 102 valence electrons. The Bertz CT molecular complexity index is 670. The fourth-order valence-corrected chi connectivity index (χ4v) is 1.67. The number of nitrogens with one attached hydrogen (secondary N) is 1. The van der Waals surface area contributed by atoms with Crippen molar-refractivity contribution in [2.24, 2.45) is 5.73 Å². The first kappa shape index (κ1) is 13.7. The minimum absolute atomic E-state index is 0.0449. The van der Waals surface area contributed by atoms with E-state index in [0.717, 1.165) is 5.56 Å². The van der Waals surface area contributed by atoms with Gasteiger partial charge in [0.05, 0.1) is 23.5 Å². The largest absolute Gasteiger partial charge is 0.325 e. The first-order valence-corrected chi connectivity index (χ1v) is 6.02. The molecule has 20 heavy (non-hydrogen) atoms. The van der Waals surface area contributed by atoms with Gasteiger partial charge in [-0.15, -0.1) is 5.10 Å². The Hall–Kier alpha value is -2.72. The number of amides is 1. The first-order valence-electron chi connectivity index (χ1n) is 6.02. The molecule has 1 heterocycles. The number of benzene rings is 1. The van der Waals surface area contributed by atoms with Crippen molar-refractivity contribution in [2.45, 2.75) is 20.0 Å². The van der Waals surface area contributed by atoms with Crippen molar-refractivity contribution in [3.63, 3.8) is 0 Å². The molecular formula is C13H14N6O. The highest BCUT2D eigenvalue weighted by molar-refractivity contribution is 5.91. The van der Waals surface area contributed by atoms with Crippen LogP contribution < -0.4 is 11.1 Å². The van der Waals surface area contributed by atoms with Crippen LogP contribution in [0.15, 0.2) is 24.4 Å². The molecule has 1 aromatic carbocycles. The molecule has 3 N–H and O–H groups in total. The highest BCUT2D eigenvalue weighted by Crippen LogP contribution is 2.16.